The van der Waals surface area contributed by atoms with Crippen LogP contribution in [0.4, 0.5) is 0 Å². The number of carboxylic acids is 1. The molecule has 102 valence electrons. The first-order chi connectivity index (χ1) is 8.94. The molecule has 1 atom stereocenters. The van der Waals surface area contributed by atoms with Gasteiger partial charge in [-0.3, -0.25) is 4.79 Å². The van der Waals surface area contributed by atoms with Crippen LogP contribution in [-0.4, -0.2) is 28.1 Å². The molecule has 3 N–H and O–H groups in total. The minimum absolute atomic E-state index is 0.0312. The molecule has 0 aliphatic heterocycles. The number of carbonyl (C=O) groups is 1. The van der Waals surface area contributed by atoms with Gasteiger partial charge in [-0.15, -0.1) is 0 Å². The number of benzene rings is 1. The highest BCUT2D eigenvalue weighted by molar-refractivity contribution is 5.75. The first-order valence-corrected chi connectivity index (χ1v) is 6.26. The standard InChI is InChI=1S/C14H19N3O2/c1-14(2,7-12(18)19)13(15-3)9-4-5-10-11(6-9)17-8-16-10/h4-6,8,13,15H,7H2,1-3H3,(H,16,17)(H,18,19). The summed E-state index contributed by atoms with van der Waals surface area (Å²) in [6.45, 7) is 3.92. The summed E-state index contributed by atoms with van der Waals surface area (Å²) in [6, 6.07) is 5.93. The number of nitrogens with zero attached hydrogens (tertiary/aromatic N) is 1. The zero-order valence-electron chi connectivity index (χ0n) is 11.4. The van der Waals surface area contributed by atoms with Crippen molar-refractivity contribution in [2.45, 2.75) is 26.3 Å². The van der Waals surface area contributed by atoms with E-state index in [-0.39, 0.29) is 17.9 Å². The van der Waals surface area contributed by atoms with Crippen molar-refractivity contribution in [2.75, 3.05) is 7.05 Å². The zero-order valence-corrected chi connectivity index (χ0v) is 11.4. The first kappa shape index (κ1) is 13.5. The number of nitrogens with one attached hydrogen (secondary N) is 2. The Morgan fingerprint density at radius 2 is 2.26 bits per heavy atom. The minimum atomic E-state index is -0.784. The molecule has 2 aromatic rings. The Hall–Kier alpha value is -1.88. The number of aromatic amines is 1. The highest BCUT2D eigenvalue weighted by Gasteiger charge is 2.32. The van der Waals surface area contributed by atoms with Gasteiger partial charge >= 0.3 is 5.97 Å². The van der Waals surface area contributed by atoms with Crippen molar-refractivity contribution in [3.05, 3.63) is 30.1 Å². The molecule has 0 radical (unpaired) electrons. The summed E-state index contributed by atoms with van der Waals surface area (Å²) in [5.74, 6) is -0.784. The highest BCUT2D eigenvalue weighted by Crippen LogP contribution is 2.36. The van der Waals surface area contributed by atoms with E-state index < -0.39 is 5.97 Å². The number of imidazole rings is 1. The number of aliphatic carboxylic acids is 1. The molecule has 0 spiro atoms. The summed E-state index contributed by atoms with van der Waals surface area (Å²) >= 11 is 0. The van der Waals surface area contributed by atoms with Gasteiger partial charge in [-0.2, -0.15) is 0 Å². The quantitative estimate of drug-likeness (QED) is 0.772. The number of rotatable bonds is 5. The number of carboxylic acid groups (broad SMARTS) is 1. The number of H-pyrrole nitrogens is 1. The summed E-state index contributed by atoms with van der Waals surface area (Å²) in [5.41, 5.74) is 2.55. The highest BCUT2D eigenvalue weighted by atomic mass is 16.4. The average Bonchev–Trinajstić information content (AvgIpc) is 2.74. The molecule has 0 aliphatic carbocycles. The van der Waals surface area contributed by atoms with Gasteiger partial charge in [-0.25, -0.2) is 4.98 Å². The molecule has 19 heavy (non-hydrogen) atoms. The predicted molar refractivity (Wildman–Crippen MR) is 73.9 cm³/mol. The topological polar surface area (TPSA) is 78.0 Å². The van der Waals surface area contributed by atoms with E-state index in [2.05, 4.69) is 15.3 Å². The van der Waals surface area contributed by atoms with Gasteiger partial charge in [-0.05, 0) is 30.2 Å². The van der Waals surface area contributed by atoms with Gasteiger partial charge in [0.05, 0.1) is 23.8 Å². The number of fused-ring (bicyclic) bond motifs is 1. The predicted octanol–water partition coefficient (Wildman–Crippen LogP) is 2.32. The van der Waals surface area contributed by atoms with Crippen LogP contribution in [0, 0.1) is 5.41 Å². The SMILES string of the molecule is CNC(c1ccc2nc[nH]c2c1)C(C)(C)CC(=O)O. The molecular formula is C14H19N3O2. The van der Waals surface area contributed by atoms with Crippen LogP contribution < -0.4 is 5.32 Å². The fourth-order valence-electron chi connectivity index (χ4n) is 2.63. The molecule has 0 saturated carbocycles. The van der Waals surface area contributed by atoms with Crippen LogP contribution in [0.15, 0.2) is 24.5 Å². The van der Waals surface area contributed by atoms with Gasteiger partial charge < -0.3 is 15.4 Å². The van der Waals surface area contributed by atoms with Crippen LogP contribution in [0.2, 0.25) is 0 Å². The summed E-state index contributed by atoms with van der Waals surface area (Å²) in [4.78, 5) is 18.3. The van der Waals surface area contributed by atoms with Crippen LogP contribution in [-0.2, 0) is 4.79 Å². The third-order valence-electron chi connectivity index (χ3n) is 3.45. The minimum Gasteiger partial charge on any atom is -0.481 e. The monoisotopic (exact) mass is 261 g/mol. The number of aromatic nitrogens is 2. The van der Waals surface area contributed by atoms with E-state index in [1.54, 1.807) is 6.33 Å². The lowest BCUT2D eigenvalue weighted by molar-refractivity contribution is -0.139. The van der Waals surface area contributed by atoms with Crippen LogP contribution in [0.25, 0.3) is 11.0 Å². The average molecular weight is 261 g/mol. The second kappa shape index (κ2) is 5.01. The van der Waals surface area contributed by atoms with Crippen molar-refractivity contribution < 1.29 is 9.90 Å². The van der Waals surface area contributed by atoms with Crippen molar-refractivity contribution in [2.24, 2.45) is 5.41 Å². The molecule has 1 heterocycles. The molecule has 5 heteroatoms. The van der Waals surface area contributed by atoms with Crippen molar-refractivity contribution in [1.29, 1.82) is 0 Å². The first-order valence-electron chi connectivity index (χ1n) is 6.26. The smallest absolute Gasteiger partial charge is 0.303 e. The van der Waals surface area contributed by atoms with Gasteiger partial charge in [0.15, 0.2) is 0 Å². The Morgan fingerprint density at radius 1 is 1.53 bits per heavy atom. The third kappa shape index (κ3) is 2.76. The van der Waals surface area contributed by atoms with Crippen LogP contribution in [0.3, 0.4) is 0 Å². The Balaban J connectivity index is 2.37. The maximum absolute atomic E-state index is 11.0. The van der Waals surface area contributed by atoms with Gasteiger partial charge in [0.1, 0.15) is 0 Å². The lowest BCUT2D eigenvalue weighted by Crippen LogP contribution is -2.33. The van der Waals surface area contributed by atoms with Crippen molar-refractivity contribution >= 4 is 17.0 Å². The third-order valence-corrected chi connectivity index (χ3v) is 3.45. The maximum Gasteiger partial charge on any atom is 0.303 e. The number of hydrogen-bond acceptors (Lipinski definition) is 3. The molecule has 1 aromatic carbocycles. The molecule has 0 fully saturated rings. The molecule has 0 amide bonds. The molecule has 0 aliphatic rings. The zero-order chi connectivity index (χ0) is 14.0. The second-order valence-electron chi connectivity index (χ2n) is 5.46. The molecule has 5 nitrogen and oxygen atoms in total. The Bertz CT molecular complexity index is 589. The lowest BCUT2D eigenvalue weighted by Gasteiger charge is -2.33. The fraction of sp³-hybridized carbons (Fsp3) is 0.429. The summed E-state index contributed by atoms with van der Waals surface area (Å²) in [6.07, 6.45) is 1.77. The summed E-state index contributed by atoms with van der Waals surface area (Å²) < 4.78 is 0. The fourth-order valence-corrected chi connectivity index (χ4v) is 2.63. The van der Waals surface area contributed by atoms with Crippen molar-refractivity contribution in [3.8, 4) is 0 Å². The van der Waals surface area contributed by atoms with Crippen LogP contribution in [0.1, 0.15) is 31.9 Å². The molecule has 1 unspecified atom stereocenters. The second-order valence-corrected chi connectivity index (χ2v) is 5.46. The van der Waals surface area contributed by atoms with Gasteiger partial charge in [0, 0.05) is 6.04 Å². The van der Waals surface area contributed by atoms with E-state index in [0.29, 0.717) is 0 Å². The van der Waals surface area contributed by atoms with E-state index in [1.165, 1.54) is 0 Å². The maximum atomic E-state index is 11.0. The van der Waals surface area contributed by atoms with Gasteiger partial charge in [0.2, 0.25) is 0 Å². The van der Waals surface area contributed by atoms with E-state index in [9.17, 15) is 4.79 Å². The number of hydrogen-bond donors (Lipinski definition) is 3. The molecule has 2 rings (SSSR count). The molecule has 0 saturated heterocycles. The normalized spacial score (nSPS) is 13.6. The van der Waals surface area contributed by atoms with Crippen LogP contribution >= 0.6 is 0 Å². The van der Waals surface area contributed by atoms with E-state index in [1.807, 2.05) is 39.1 Å². The van der Waals surface area contributed by atoms with Gasteiger partial charge in [0.25, 0.3) is 0 Å². The summed E-state index contributed by atoms with van der Waals surface area (Å²) in [5, 5.41) is 12.3. The van der Waals surface area contributed by atoms with Gasteiger partial charge in [-0.1, -0.05) is 19.9 Å². The van der Waals surface area contributed by atoms with E-state index >= 15 is 0 Å². The molecular weight excluding hydrogens is 242 g/mol. The molecule has 1 aromatic heterocycles. The molecule has 0 bridgehead atoms. The van der Waals surface area contributed by atoms with Crippen LogP contribution in [0.5, 0.6) is 0 Å². The van der Waals surface area contributed by atoms with Crippen molar-refractivity contribution in [3.63, 3.8) is 0 Å². The summed E-state index contributed by atoms with van der Waals surface area (Å²) in [7, 11) is 1.85. The Morgan fingerprint density at radius 3 is 2.89 bits per heavy atom. The van der Waals surface area contributed by atoms with E-state index in [4.69, 9.17) is 5.11 Å². The Kier molecular flexibility index (Phi) is 3.57. The Labute approximate surface area is 112 Å². The van der Waals surface area contributed by atoms with E-state index in [0.717, 1.165) is 16.6 Å². The lowest BCUT2D eigenvalue weighted by atomic mass is 9.78. The largest absolute Gasteiger partial charge is 0.481 e. The van der Waals surface area contributed by atoms with Crippen molar-refractivity contribution in [1.82, 2.24) is 15.3 Å².